The van der Waals surface area contributed by atoms with E-state index in [1.165, 1.54) is 0 Å². The normalized spacial score (nSPS) is 15.5. The molecular formula is C9H22N2. The summed E-state index contributed by atoms with van der Waals surface area (Å²) >= 11 is 0. The molecule has 0 aromatic rings. The van der Waals surface area contributed by atoms with Crippen molar-refractivity contribution in [3.63, 3.8) is 0 Å². The highest BCUT2D eigenvalue weighted by Crippen LogP contribution is 2.10. The summed E-state index contributed by atoms with van der Waals surface area (Å²) in [4.78, 5) is 2.29. The van der Waals surface area contributed by atoms with Gasteiger partial charge >= 0.3 is 0 Å². The van der Waals surface area contributed by atoms with E-state index in [-0.39, 0.29) is 5.54 Å². The van der Waals surface area contributed by atoms with E-state index in [2.05, 4.69) is 39.6 Å². The van der Waals surface area contributed by atoms with Crippen LogP contribution in [0.3, 0.4) is 0 Å². The third-order valence-electron chi connectivity index (χ3n) is 2.18. The van der Waals surface area contributed by atoms with Crippen molar-refractivity contribution in [1.82, 2.24) is 4.90 Å². The number of hydrogen-bond acceptors (Lipinski definition) is 2. The van der Waals surface area contributed by atoms with Gasteiger partial charge in [0, 0.05) is 18.1 Å². The predicted octanol–water partition coefficient (Wildman–Crippen LogP) is 1.45. The van der Waals surface area contributed by atoms with E-state index >= 15 is 0 Å². The van der Waals surface area contributed by atoms with Crippen LogP contribution >= 0.6 is 0 Å². The minimum Gasteiger partial charge on any atom is -0.327 e. The summed E-state index contributed by atoms with van der Waals surface area (Å²) in [6.45, 7) is 9.72. The Morgan fingerprint density at radius 1 is 1.36 bits per heavy atom. The smallest absolute Gasteiger partial charge is 0.0165 e. The molecule has 0 radical (unpaired) electrons. The number of nitrogens with zero attached hydrogens (tertiary/aromatic N) is 1. The van der Waals surface area contributed by atoms with E-state index in [1.807, 2.05) is 0 Å². The fourth-order valence-electron chi connectivity index (χ4n) is 0.755. The number of likely N-dealkylation sites (N-methyl/N-ethyl adjacent to an activating group) is 1. The van der Waals surface area contributed by atoms with Gasteiger partial charge in [-0.2, -0.15) is 0 Å². The van der Waals surface area contributed by atoms with Crippen LogP contribution in [-0.2, 0) is 0 Å². The van der Waals surface area contributed by atoms with Crippen molar-refractivity contribution in [3.05, 3.63) is 0 Å². The van der Waals surface area contributed by atoms with Crippen molar-refractivity contribution in [2.45, 2.75) is 45.7 Å². The van der Waals surface area contributed by atoms with Gasteiger partial charge in [-0.3, -0.25) is 4.90 Å². The lowest BCUT2D eigenvalue weighted by Gasteiger charge is -2.33. The van der Waals surface area contributed by atoms with Crippen LogP contribution < -0.4 is 5.73 Å². The topological polar surface area (TPSA) is 29.3 Å². The summed E-state index contributed by atoms with van der Waals surface area (Å²) in [5.41, 5.74) is 6.07. The molecule has 0 rings (SSSR count). The minimum absolute atomic E-state index is 0.243. The summed E-state index contributed by atoms with van der Waals surface area (Å²) in [6.07, 6.45) is 1.06. The first-order chi connectivity index (χ1) is 4.88. The first-order valence-corrected chi connectivity index (χ1v) is 4.34. The number of nitrogens with two attached hydrogens (primary N) is 1. The molecule has 2 nitrogen and oxygen atoms in total. The van der Waals surface area contributed by atoms with E-state index in [0.29, 0.717) is 6.04 Å². The standard InChI is InChI=1S/C9H22N2/c1-6-8(10)7-11(5)9(2,3)4/h8H,6-7,10H2,1-5H3. The molecular weight excluding hydrogens is 136 g/mol. The Hall–Kier alpha value is -0.0800. The Bertz CT molecular complexity index is 105. The Labute approximate surface area is 70.8 Å². The zero-order valence-corrected chi connectivity index (χ0v) is 8.52. The van der Waals surface area contributed by atoms with Crippen molar-refractivity contribution < 1.29 is 0 Å². The van der Waals surface area contributed by atoms with Gasteiger partial charge in [0.15, 0.2) is 0 Å². The molecule has 11 heavy (non-hydrogen) atoms. The Morgan fingerprint density at radius 2 is 1.82 bits per heavy atom. The fourth-order valence-corrected chi connectivity index (χ4v) is 0.755. The minimum atomic E-state index is 0.243. The van der Waals surface area contributed by atoms with E-state index in [1.54, 1.807) is 0 Å². The second-order valence-electron chi connectivity index (χ2n) is 4.22. The Balaban J connectivity index is 3.77. The van der Waals surface area contributed by atoms with Crippen LogP contribution in [0.2, 0.25) is 0 Å². The van der Waals surface area contributed by atoms with Crippen molar-refractivity contribution in [1.29, 1.82) is 0 Å². The molecule has 0 heterocycles. The lowest BCUT2D eigenvalue weighted by molar-refractivity contribution is 0.164. The van der Waals surface area contributed by atoms with Crippen molar-refractivity contribution in [2.75, 3.05) is 13.6 Å². The van der Waals surface area contributed by atoms with Crippen LogP contribution in [0.4, 0.5) is 0 Å². The number of rotatable bonds is 3. The predicted molar refractivity (Wildman–Crippen MR) is 50.6 cm³/mol. The highest BCUT2D eigenvalue weighted by atomic mass is 15.2. The van der Waals surface area contributed by atoms with Crippen molar-refractivity contribution in [3.8, 4) is 0 Å². The fraction of sp³-hybridized carbons (Fsp3) is 1.00. The van der Waals surface area contributed by atoms with Crippen LogP contribution in [0.5, 0.6) is 0 Å². The monoisotopic (exact) mass is 158 g/mol. The third-order valence-corrected chi connectivity index (χ3v) is 2.18. The van der Waals surface area contributed by atoms with Gasteiger partial charge in [0.25, 0.3) is 0 Å². The molecule has 0 bridgehead atoms. The van der Waals surface area contributed by atoms with Gasteiger partial charge in [-0.15, -0.1) is 0 Å². The molecule has 0 spiro atoms. The lowest BCUT2D eigenvalue weighted by Crippen LogP contribution is -2.44. The van der Waals surface area contributed by atoms with E-state index in [9.17, 15) is 0 Å². The molecule has 0 amide bonds. The molecule has 2 heteroatoms. The molecule has 2 N–H and O–H groups in total. The quantitative estimate of drug-likeness (QED) is 0.673. The SMILES string of the molecule is CCC(N)CN(C)C(C)(C)C. The largest absolute Gasteiger partial charge is 0.327 e. The second-order valence-corrected chi connectivity index (χ2v) is 4.22. The van der Waals surface area contributed by atoms with Gasteiger partial charge in [-0.1, -0.05) is 6.92 Å². The highest BCUT2D eigenvalue weighted by Gasteiger charge is 2.17. The number of hydrogen-bond donors (Lipinski definition) is 1. The summed E-state index contributed by atoms with van der Waals surface area (Å²) in [6, 6.07) is 0.319. The highest BCUT2D eigenvalue weighted by molar-refractivity contribution is 4.76. The van der Waals surface area contributed by atoms with Crippen LogP contribution in [0.15, 0.2) is 0 Å². The molecule has 1 unspecified atom stereocenters. The zero-order chi connectivity index (χ0) is 9.07. The maximum absolute atomic E-state index is 5.83. The molecule has 0 aliphatic rings. The van der Waals surface area contributed by atoms with Gasteiger partial charge in [-0.25, -0.2) is 0 Å². The molecule has 0 aliphatic heterocycles. The average Bonchev–Trinajstić information content (AvgIpc) is 1.85. The lowest BCUT2D eigenvalue weighted by atomic mass is 10.1. The molecule has 0 saturated heterocycles. The van der Waals surface area contributed by atoms with Gasteiger partial charge in [0.2, 0.25) is 0 Å². The molecule has 0 aliphatic carbocycles. The van der Waals surface area contributed by atoms with Gasteiger partial charge in [0.1, 0.15) is 0 Å². The molecule has 68 valence electrons. The Kier molecular flexibility index (Phi) is 4.04. The van der Waals surface area contributed by atoms with E-state index in [4.69, 9.17) is 5.73 Å². The maximum atomic E-state index is 5.83. The molecule has 1 atom stereocenters. The van der Waals surface area contributed by atoms with Crippen molar-refractivity contribution >= 4 is 0 Å². The second kappa shape index (κ2) is 4.07. The van der Waals surface area contributed by atoms with Crippen LogP contribution in [0.25, 0.3) is 0 Å². The first-order valence-electron chi connectivity index (χ1n) is 4.34. The zero-order valence-electron chi connectivity index (χ0n) is 8.52. The molecule has 0 aromatic carbocycles. The van der Waals surface area contributed by atoms with Gasteiger partial charge in [0.05, 0.1) is 0 Å². The van der Waals surface area contributed by atoms with Crippen LogP contribution in [-0.4, -0.2) is 30.1 Å². The van der Waals surface area contributed by atoms with Crippen molar-refractivity contribution in [2.24, 2.45) is 5.73 Å². The van der Waals surface area contributed by atoms with Gasteiger partial charge in [-0.05, 0) is 34.2 Å². The first kappa shape index (κ1) is 10.9. The van der Waals surface area contributed by atoms with Gasteiger partial charge < -0.3 is 5.73 Å². The maximum Gasteiger partial charge on any atom is 0.0165 e. The third kappa shape index (κ3) is 4.38. The summed E-state index contributed by atoms with van der Waals surface area (Å²) in [5, 5.41) is 0. The van der Waals surface area contributed by atoms with E-state index in [0.717, 1.165) is 13.0 Å². The van der Waals surface area contributed by atoms with Crippen LogP contribution in [0.1, 0.15) is 34.1 Å². The average molecular weight is 158 g/mol. The summed E-state index contributed by atoms with van der Waals surface area (Å²) in [5.74, 6) is 0. The molecule has 0 saturated carbocycles. The van der Waals surface area contributed by atoms with Crippen LogP contribution in [0, 0.1) is 0 Å². The van der Waals surface area contributed by atoms with E-state index < -0.39 is 0 Å². The molecule has 0 aromatic heterocycles. The molecule has 0 fully saturated rings. The Morgan fingerprint density at radius 3 is 2.09 bits per heavy atom. The summed E-state index contributed by atoms with van der Waals surface area (Å²) in [7, 11) is 2.12. The summed E-state index contributed by atoms with van der Waals surface area (Å²) < 4.78 is 0.